The first-order valence-corrected chi connectivity index (χ1v) is 26.2. The van der Waals surface area contributed by atoms with E-state index in [4.69, 9.17) is 19.0 Å². The minimum atomic E-state index is -4.67. The first kappa shape index (κ1) is 51.1. The highest BCUT2D eigenvalue weighted by Crippen LogP contribution is 2.48. The number of hydrogen-bond acceptors (Lipinski definition) is 12. The molecule has 0 saturated carbocycles. The summed E-state index contributed by atoms with van der Waals surface area (Å²) in [5.74, 6) is -1.32. The zero-order valence-corrected chi connectivity index (χ0v) is 41.2. The maximum Gasteiger partial charge on any atom is 0.333 e. The van der Waals surface area contributed by atoms with Gasteiger partial charge in [-0.05, 0) is 82.4 Å². The predicted octanol–water partition coefficient (Wildman–Crippen LogP) is 7.86. The molecule has 368 valence electrons. The number of anilines is 1. The molecule has 0 aromatic heterocycles. The summed E-state index contributed by atoms with van der Waals surface area (Å²) in [4.78, 5) is 44.4. The SMILES string of the molecule is CCCOCCOCCN1c2cc3c(cc2C(C)=CC1(C)C)/C(=C/C=C/C1=[N+](CCCS(=O)(=O)O)c2ccc(S(=O)(=O)O)cc2C1(C)CCCC(=O)ON1C(=O)CCC1=O)C=C(c1ccccc1)O3. The van der Waals surface area contributed by atoms with Crippen molar-refractivity contribution in [2.45, 2.75) is 95.4 Å². The van der Waals surface area contributed by atoms with Gasteiger partial charge in [0.25, 0.3) is 32.1 Å². The van der Waals surface area contributed by atoms with Gasteiger partial charge in [-0.15, -0.1) is 5.06 Å². The van der Waals surface area contributed by atoms with E-state index < -0.39 is 49.2 Å². The molecular weight excluding hydrogens is 927 g/mol. The van der Waals surface area contributed by atoms with Crippen molar-refractivity contribution < 1.29 is 63.9 Å². The van der Waals surface area contributed by atoms with Crippen LogP contribution in [-0.4, -0.2) is 110 Å². The van der Waals surface area contributed by atoms with Gasteiger partial charge in [0.05, 0.1) is 41.4 Å². The van der Waals surface area contributed by atoms with Crippen molar-refractivity contribution in [2.24, 2.45) is 0 Å². The van der Waals surface area contributed by atoms with E-state index in [9.17, 15) is 40.3 Å². The molecule has 69 heavy (non-hydrogen) atoms. The van der Waals surface area contributed by atoms with E-state index in [0.29, 0.717) is 66.5 Å². The highest BCUT2D eigenvalue weighted by molar-refractivity contribution is 7.86. The molecule has 1 fully saturated rings. The van der Waals surface area contributed by atoms with Gasteiger partial charge >= 0.3 is 5.97 Å². The van der Waals surface area contributed by atoms with Crippen LogP contribution < -0.4 is 9.64 Å². The molecule has 2 amide bonds. The summed E-state index contributed by atoms with van der Waals surface area (Å²) in [7, 11) is -9.01. The summed E-state index contributed by atoms with van der Waals surface area (Å²) in [6.45, 7) is 13.3. The molecule has 4 aliphatic heterocycles. The van der Waals surface area contributed by atoms with Crippen molar-refractivity contribution in [1.82, 2.24) is 5.06 Å². The van der Waals surface area contributed by atoms with Crippen molar-refractivity contribution in [3.63, 3.8) is 0 Å². The number of ether oxygens (including phenoxy) is 3. The molecule has 4 heterocycles. The van der Waals surface area contributed by atoms with Crippen molar-refractivity contribution in [3.05, 3.63) is 113 Å². The van der Waals surface area contributed by atoms with E-state index in [0.717, 1.165) is 39.9 Å². The number of imide groups is 1. The Kier molecular flexibility index (Phi) is 15.6. The van der Waals surface area contributed by atoms with Gasteiger partial charge in [0, 0.05) is 85.0 Å². The number of allylic oxidation sites excluding steroid dienone is 6. The van der Waals surface area contributed by atoms with Gasteiger partial charge in [-0.3, -0.25) is 18.7 Å². The van der Waals surface area contributed by atoms with Crippen molar-refractivity contribution >= 4 is 72.0 Å². The number of benzene rings is 3. The van der Waals surface area contributed by atoms with E-state index in [-0.39, 0.29) is 55.5 Å². The van der Waals surface area contributed by atoms with Crippen LogP contribution in [-0.2, 0) is 54.3 Å². The Morgan fingerprint density at radius 2 is 1.61 bits per heavy atom. The standard InChI is InChI=1S/C51H59N3O13S2/c1-6-25-64-27-28-65-26-24-53-43-33-45-40(32-39(43)35(2)34-50(53,3)4)37(30-44(66-45)36-13-8-7-9-14-36)15-10-16-46-51(5,22-11-17-49(57)67-54-47(55)20-21-48(54)56)41-31-38(69(61,62)63)18-19-42(41)52(46)23-12-29-68(58,59)60/h7-10,13-16,18-19,30-34H,6,11-12,17,20-29H2,1-5H3,(H-,58,59,60,61,62,63)/p+1. The monoisotopic (exact) mass is 986 g/mol. The molecule has 0 radical (unpaired) electrons. The Balaban J connectivity index is 1.28. The van der Waals surface area contributed by atoms with Crippen LogP contribution in [0.25, 0.3) is 16.9 Å². The summed E-state index contributed by atoms with van der Waals surface area (Å²) >= 11 is 0. The molecule has 1 atom stereocenters. The number of nitrogens with zero attached hydrogens (tertiary/aromatic N) is 3. The first-order valence-electron chi connectivity index (χ1n) is 23.1. The van der Waals surface area contributed by atoms with Crippen LogP contribution in [0.1, 0.15) is 102 Å². The lowest BCUT2D eigenvalue weighted by Gasteiger charge is -2.44. The Labute approximate surface area is 404 Å². The van der Waals surface area contributed by atoms with Crippen molar-refractivity contribution in [1.29, 1.82) is 0 Å². The molecule has 2 N–H and O–H groups in total. The fourth-order valence-electron chi connectivity index (χ4n) is 9.43. The highest BCUT2D eigenvalue weighted by atomic mass is 32.2. The van der Waals surface area contributed by atoms with E-state index in [1.807, 2.05) is 66.1 Å². The number of rotatable bonds is 21. The Bertz CT molecular complexity index is 2870. The minimum absolute atomic E-state index is 0.00373. The quantitative estimate of drug-likeness (QED) is 0.0451. The van der Waals surface area contributed by atoms with Gasteiger partial charge in [0.2, 0.25) is 5.69 Å². The van der Waals surface area contributed by atoms with Crippen LogP contribution in [0.3, 0.4) is 0 Å². The third kappa shape index (κ3) is 11.8. The maximum atomic E-state index is 13.0. The van der Waals surface area contributed by atoms with Gasteiger partial charge < -0.3 is 23.9 Å². The van der Waals surface area contributed by atoms with Crippen LogP contribution in [0.2, 0.25) is 0 Å². The molecule has 18 heteroatoms. The normalized spacial score (nSPS) is 19.4. The van der Waals surface area contributed by atoms with Crippen LogP contribution >= 0.6 is 0 Å². The molecule has 3 aromatic carbocycles. The highest BCUT2D eigenvalue weighted by Gasteiger charge is 2.48. The average molecular weight is 987 g/mol. The molecule has 1 saturated heterocycles. The van der Waals surface area contributed by atoms with Crippen molar-refractivity contribution in [2.75, 3.05) is 50.2 Å². The van der Waals surface area contributed by atoms with Crippen LogP contribution in [0.15, 0.2) is 95.9 Å². The molecule has 16 nitrogen and oxygen atoms in total. The largest absolute Gasteiger partial charge is 0.456 e. The molecule has 1 unspecified atom stereocenters. The molecule has 0 bridgehead atoms. The average Bonchev–Trinajstić information content (AvgIpc) is 3.72. The Hall–Kier alpha value is -5.76. The van der Waals surface area contributed by atoms with E-state index in [1.165, 1.54) is 18.2 Å². The third-order valence-corrected chi connectivity index (χ3v) is 14.4. The van der Waals surface area contributed by atoms with Crippen LogP contribution in [0.5, 0.6) is 5.75 Å². The molecule has 7 rings (SSSR count). The van der Waals surface area contributed by atoms with Gasteiger partial charge in [-0.1, -0.05) is 55.5 Å². The number of carbonyl (C=O) groups is 3. The number of carbonyl (C=O) groups excluding carboxylic acids is 3. The lowest BCUT2D eigenvalue weighted by Crippen LogP contribution is -2.46. The molecule has 0 aliphatic carbocycles. The fourth-order valence-corrected chi connectivity index (χ4v) is 10.4. The smallest absolute Gasteiger partial charge is 0.333 e. The van der Waals surface area contributed by atoms with Crippen molar-refractivity contribution in [3.8, 4) is 5.75 Å². The Morgan fingerprint density at radius 1 is 0.899 bits per heavy atom. The zero-order valence-electron chi connectivity index (χ0n) is 39.6. The zero-order chi connectivity index (χ0) is 49.7. The summed E-state index contributed by atoms with van der Waals surface area (Å²) in [6.07, 6.45) is 10.8. The van der Waals surface area contributed by atoms with E-state index >= 15 is 0 Å². The summed E-state index contributed by atoms with van der Waals surface area (Å²) in [5, 5.41) is 0.483. The molecule has 0 spiro atoms. The number of amides is 2. The fraction of sp³-hybridized carbons (Fsp3) is 0.412. The van der Waals surface area contributed by atoms with Crippen LogP contribution in [0.4, 0.5) is 11.4 Å². The van der Waals surface area contributed by atoms with Gasteiger partial charge in [-0.25, -0.2) is 4.79 Å². The second-order valence-corrected chi connectivity index (χ2v) is 21.2. The van der Waals surface area contributed by atoms with Gasteiger partial charge in [-0.2, -0.15) is 21.4 Å². The van der Waals surface area contributed by atoms with Gasteiger partial charge in [0.15, 0.2) is 5.71 Å². The van der Waals surface area contributed by atoms with E-state index in [1.54, 1.807) is 0 Å². The minimum Gasteiger partial charge on any atom is -0.456 e. The number of hydrogen-bond donors (Lipinski definition) is 2. The Morgan fingerprint density at radius 3 is 2.29 bits per heavy atom. The molecular formula is C51H60N3O13S2+. The lowest BCUT2D eigenvalue weighted by atomic mass is 9.75. The third-order valence-electron chi connectivity index (χ3n) is 12.7. The summed E-state index contributed by atoms with van der Waals surface area (Å²) < 4.78 is 88.8. The summed E-state index contributed by atoms with van der Waals surface area (Å²) in [6, 6.07) is 18.1. The lowest BCUT2D eigenvalue weighted by molar-refractivity contribution is -0.437. The molecule has 4 aliphatic rings. The molecule has 3 aromatic rings. The second-order valence-electron chi connectivity index (χ2n) is 18.2. The number of hydroxylamine groups is 2. The second kappa shape index (κ2) is 21.1. The van der Waals surface area contributed by atoms with Gasteiger partial charge in [0.1, 0.15) is 18.1 Å². The maximum absolute atomic E-state index is 13.0. The predicted molar refractivity (Wildman–Crippen MR) is 261 cm³/mol. The van der Waals surface area contributed by atoms with E-state index in [2.05, 4.69) is 50.8 Å². The van der Waals surface area contributed by atoms with Crippen LogP contribution in [0, 0.1) is 0 Å². The first-order chi connectivity index (χ1) is 32.7. The topological polar surface area (TPSA) is 206 Å². The number of fused-ring (bicyclic) bond motifs is 3. The summed E-state index contributed by atoms with van der Waals surface area (Å²) in [5.41, 5.74) is 5.83.